The summed E-state index contributed by atoms with van der Waals surface area (Å²) in [6, 6.07) is 10.2. The van der Waals surface area contributed by atoms with Gasteiger partial charge in [-0.15, -0.1) is 0 Å². The lowest BCUT2D eigenvalue weighted by atomic mass is 10.1. The number of methoxy groups -OCH3 is 2. The zero-order chi connectivity index (χ0) is 24.0. The van der Waals surface area contributed by atoms with E-state index in [0.717, 1.165) is 18.4 Å². The van der Waals surface area contributed by atoms with E-state index in [0.29, 0.717) is 39.9 Å². The van der Waals surface area contributed by atoms with Crippen LogP contribution in [-0.2, 0) is 21.2 Å². The summed E-state index contributed by atoms with van der Waals surface area (Å²) in [5, 5.41) is 3.22. The Morgan fingerprint density at radius 3 is 2.36 bits per heavy atom. The first-order chi connectivity index (χ1) is 15.8. The summed E-state index contributed by atoms with van der Waals surface area (Å²) in [6.45, 7) is 4.88. The third-order valence-electron chi connectivity index (χ3n) is 5.00. The van der Waals surface area contributed by atoms with Gasteiger partial charge in [0.1, 0.15) is 0 Å². The number of sulfonamides is 1. The number of carbonyl (C=O) groups is 1. The average Bonchev–Trinajstić information content (AvgIpc) is 3.20. The Morgan fingerprint density at radius 1 is 1.03 bits per heavy atom. The Kier molecular flexibility index (Phi) is 8.28. The molecule has 3 aromatic rings. The molecule has 1 aromatic heterocycles. The quantitative estimate of drug-likeness (QED) is 0.429. The van der Waals surface area contributed by atoms with Gasteiger partial charge in [-0.2, -0.15) is 4.31 Å². The van der Waals surface area contributed by atoms with Gasteiger partial charge in [-0.05, 0) is 48.7 Å². The van der Waals surface area contributed by atoms with E-state index in [1.165, 1.54) is 15.6 Å². The standard InChI is InChI=1S/C23H29N3O5S2/c1-5-11-26(12-6-2)33(28,29)17-8-9-18-21(15-17)32-23(24-18)25-22(27)14-16-7-10-19(30-3)20(13-16)31-4/h7-10,13,15H,5-6,11-12,14H2,1-4H3,(H,24,25,27). The second kappa shape index (κ2) is 11.0. The highest BCUT2D eigenvalue weighted by molar-refractivity contribution is 7.89. The average molecular weight is 492 g/mol. The van der Waals surface area contributed by atoms with E-state index >= 15 is 0 Å². The molecule has 0 aliphatic rings. The van der Waals surface area contributed by atoms with Crippen molar-refractivity contribution in [2.24, 2.45) is 0 Å². The summed E-state index contributed by atoms with van der Waals surface area (Å²) in [6.07, 6.45) is 1.63. The molecule has 178 valence electrons. The van der Waals surface area contributed by atoms with E-state index in [-0.39, 0.29) is 17.2 Å². The zero-order valence-electron chi connectivity index (χ0n) is 19.3. The highest BCUT2D eigenvalue weighted by Gasteiger charge is 2.24. The number of amides is 1. The highest BCUT2D eigenvalue weighted by atomic mass is 32.2. The molecule has 0 aliphatic carbocycles. The highest BCUT2D eigenvalue weighted by Crippen LogP contribution is 2.30. The molecule has 0 radical (unpaired) electrons. The second-order valence-corrected chi connectivity index (χ2v) is 10.4. The Hall–Kier alpha value is -2.69. The number of nitrogens with one attached hydrogen (secondary N) is 1. The van der Waals surface area contributed by atoms with Crippen LogP contribution in [0.4, 0.5) is 5.13 Å². The van der Waals surface area contributed by atoms with Crippen molar-refractivity contribution in [2.75, 3.05) is 32.6 Å². The molecule has 0 saturated carbocycles. The predicted octanol–water partition coefficient (Wildman–Crippen LogP) is 4.31. The van der Waals surface area contributed by atoms with Crippen LogP contribution in [0.3, 0.4) is 0 Å². The minimum absolute atomic E-state index is 0.138. The molecule has 10 heteroatoms. The number of nitrogens with zero attached hydrogens (tertiary/aromatic N) is 2. The molecule has 0 spiro atoms. The summed E-state index contributed by atoms with van der Waals surface area (Å²) in [5.74, 6) is 0.915. The third kappa shape index (κ3) is 5.82. The van der Waals surface area contributed by atoms with Gasteiger partial charge in [0.2, 0.25) is 15.9 Å². The van der Waals surface area contributed by atoms with Gasteiger partial charge >= 0.3 is 0 Å². The van der Waals surface area contributed by atoms with E-state index < -0.39 is 10.0 Å². The number of fused-ring (bicyclic) bond motifs is 1. The van der Waals surface area contributed by atoms with Crippen LogP contribution < -0.4 is 14.8 Å². The van der Waals surface area contributed by atoms with E-state index in [1.54, 1.807) is 50.6 Å². The fourth-order valence-electron chi connectivity index (χ4n) is 3.46. The number of aromatic nitrogens is 1. The molecule has 0 saturated heterocycles. The first-order valence-corrected chi connectivity index (χ1v) is 13.0. The molecule has 3 rings (SSSR count). The maximum atomic E-state index is 13.1. The maximum Gasteiger partial charge on any atom is 0.243 e. The van der Waals surface area contributed by atoms with Crippen molar-refractivity contribution in [3.8, 4) is 11.5 Å². The lowest BCUT2D eigenvalue weighted by molar-refractivity contribution is -0.115. The molecule has 0 aliphatic heterocycles. The number of carbonyl (C=O) groups excluding carboxylic acids is 1. The van der Waals surface area contributed by atoms with Crippen LogP contribution in [0.1, 0.15) is 32.3 Å². The van der Waals surface area contributed by atoms with Crippen LogP contribution in [0.15, 0.2) is 41.3 Å². The first kappa shape index (κ1) is 24.9. The Labute approximate surface area is 198 Å². The molecular weight excluding hydrogens is 462 g/mol. The van der Waals surface area contributed by atoms with Crippen LogP contribution in [0.5, 0.6) is 11.5 Å². The topological polar surface area (TPSA) is 97.8 Å². The summed E-state index contributed by atoms with van der Waals surface area (Å²) in [4.78, 5) is 17.2. The molecular formula is C23H29N3O5S2. The van der Waals surface area contributed by atoms with Crippen molar-refractivity contribution in [1.29, 1.82) is 0 Å². The van der Waals surface area contributed by atoms with E-state index in [9.17, 15) is 13.2 Å². The number of ether oxygens (including phenoxy) is 2. The summed E-state index contributed by atoms with van der Waals surface area (Å²) in [7, 11) is -0.484. The molecule has 8 nitrogen and oxygen atoms in total. The van der Waals surface area contributed by atoms with Crippen LogP contribution in [0.25, 0.3) is 10.2 Å². The van der Waals surface area contributed by atoms with Crippen LogP contribution in [-0.4, -0.2) is 50.9 Å². The summed E-state index contributed by atoms with van der Waals surface area (Å²) in [5.41, 5.74) is 1.41. The lowest BCUT2D eigenvalue weighted by Crippen LogP contribution is -2.32. The Balaban J connectivity index is 1.77. The van der Waals surface area contributed by atoms with Crippen LogP contribution >= 0.6 is 11.3 Å². The summed E-state index contributed by atoms with van der Waals surface area (Å²) < 4.78 is 38.8. The number of thiazole rings is 1. The molecule has 0 bridgehead atoms. The van der Waals surface area contributed by atoms with Gasteiger partial charge < -0.3 is 14.8 Å². The fourth-order valence-corrected chi connectivity index (χ4v) is 6.11. The number of hydrogen-bond acceptors (Lipinski definition) is 7. The van der Waals surface area contributed by atoms with Crippen molar-refractivity contribution in [3.05, 3.63) is 42.0 Å². The number of hydrogen-bond donors (Lipinski definition) is 1. The number of anilines is 1. The summed E-state index contributed by atoms with van der Waals surface area (Å²) >= 11 is 1.25. The minimum Gasteiger partial charge on any atom is -0.493 e. The number of benzene rings is 2. The number of rotatable bonds is 11. The predicted molar refractivity (Wildman–Crippen MR) is 131 cm³/mol. The van der Waals surface area contributed by atoms with Crippen molar-refractivity contribution in [2.45, 2.75) is 38.0 Å². The molecule has 0 unspecified atom stereocenters. The third-order valence-corrected chi connectivity index (χ3v) is 7.83. The van der Waals surface area contributed by atoms with Crippen LogP contribution in [0, 0.1) is 0 Å². The molecule has 2 aromatic carbocycles. The first-order valence-electron chi connectivity index (χ1n) is 10.7. The molecule has 0 atom stereocenters. The normalized spacial score (nSPS) is 11.7. The zero-order valence-corrected chi connectivity index (χ0v) is 20.9. The lowest BCUT2D eigenvalue weighted by Gasteiger charge is -2.20. The van der Waals surface area contributed by atoms with Gasteiger partial charge in [-0.25, -0.2) is 13.4 Å². The maximum absolute atomic E-state index is 13.1. The minimum atomic E-state index is -3.58. The van der Waals surface area contributed by atoms with Crippen molar-refractivity contribution in [3.63, 3.8) is 0 Å². The monoisotopic (exact) mass is 491 g/mol. The SMILES string of the molecule is CCCN(CCC)S(=O)(=O)c1ccc2nc(NC(=O)Cc3ccc(OC)c(OC)c3)sc2c1. The largest absolute Gasteiger partial charge is 0.493 e. The van der Waals surface area contributed by atoms with Crippen molar-refractivity contribution in [1.82, 2.24) is 9.29 Å². The molecule has 33 heavy (non-hydrogen) atoms. The van der Waals surface area contributed by atoms with Gasteiger partial charge in [0.05, 0.1) is 35.8 Å². The van der Waals surface area contributed by atoms with Crippen LogP contribution in [0.2, 0.25) is 0 Å². The van der Waals surface area contributed by atoms with Crippen molar-refractivity contribution >= 4 is 42.6 Å². The molecule has 1 N–H and O–H groups in total. The second-order valence-electron chi connectivity index (χ2n) is 7.47. The Morgan fingerprint density at radius 2 is 1.73 bits per heavy atom. The van der Waals surface area contributed by atoms with Gasteiger partial charge in [0, 0.05) is 13.1 Å². The Bertz CT molecular complexity index is 1220. The molecule has 1 amide bonds. The fraction of sp³-hybridized carbons (Fsp3) is 0.391. The van der Waals surface area contributed by atoms with Gasteiger partial charge in [-0.1, -0.05) is 31.3 Å². The van der Waals surface area contributed by atoms with Gasteiger partial charge in [-0.3, -0.25) is 4.79 Å². The van der Waals surface area contributed by atoms with E-state index in [4.69, 9.17) is 9.47 Å². The van der Waals surface area contributed by atoms with Gasteiger partial charge in [0.15, 0.2) is 16.6 Å². The smallest absolute Gasteiger partial charge is 0.243 e. The van der Waals surface area contributed by atoms with E-state index in [1.807, 2.05) is 13.8 Å². The van der Waals surface area contributed by atoms with Gasteiger partial charge in [0.25, 0.3) is 0 Å². The molecule has 1 heterocycles. The van der Waals surface area contributed by atoms with E-state index in [2.05, 4.69) is 10.3 Å². The van der Waals surface area contributed by atoms with Crippen molar-refractivity contribution < 1.29 is 22.7 Å². The molecule has 0 fully saturated rings.